The molecule has 0 saturated carbocycles. The van der Waals surface area contributed by atoms with Crippen molar-refractivity contribution in [1.29, 1.82) is 0 Å². The Hall–Kier alpha value is -2.67. The van der Waals surface area contributed by atoms with Crippen LogP contribution in [-0.4, -0.2) is 36.8 Å². The van der Waals surface area contributed by atoms with Crippen molar-refractivity contribution in [2.24, 2.45) is 0 Å². The maximum absolute atomic E-state index is 13.6. The molecule has 1 aromatic heterocycles. The van der Waals surface area contributed by atoms with Gasteiger partial charge in [0, 0.05) is 13.0 Å². The molecule has 9 nitrogen and oxygen atoms in total. The molecule has 0 radical (unpaired) electrons. The molecule has 2 heterocycles. The van der Waals surface area contributed by atoms with Crippen LogP contribution < -0.4 is 15.7 Å². The minimum absolute atomic E-state index is 0.0422. The van der Waals surface area contributed by atoms with Gasteiger partial charge in [-0.25, -0.2) is 13.2 Å². The molecule has 2 aromatic rings. The van der Waals surface area contributed by atoms with Gasteiger partial charge in [-0.2, -0.15) is 13.2 Å². The van der Waals surface area contributed by atoms with Gasteiger partial charge in [-0.1, -0.05) is 6.92 Å². The van der Waals surface area contributed by atoms with E-state index in [9.17, 15) is 36.0 Å². The molecule has 0 aliphatic carbocycles. The number of carbonyl (C=O) groups is 1. The van der Waals surface area contributed by atoms with Crippen LogP contribution in [0.1, 0.15) is 49.8 Å². The Morgan fingerprint density at radius 3 is 2.52 bits per heavy atom. The molecule has 13 heteroatoms. The van der Waals surface area contributed by atoms with Crippen LogP contribution in [0, 0.1) is 0 Å². The van der Waals surface area contributed by atoms with Gasteiger partial charge < -0.3 is 9.72 Å². The molecule has 1 fully saturated rings. The molecule has 1 N–H and O–H groups in total. The van der Waals surface area contributed by atoms with E-state index in [1.807, 2.05) is 0 Å². The summed E-state index contributed by atoms with van der Waals surface area (Å²) in [6.07, 6.45) is -4.25. The van der Waals surface area contributed by atoms with E-state index in [2.05, 4.69) is 4.98 Å². The van der Waals surface area contributed by atoms with E-state index in [0.717, 1.165) is 6.07 Å². The van der Waals surface area contributed by atoms with E-state index in [0.29, 0.717) is 25.2 Å². The van der Waals surface area contributed by atoms with Crippen LogP contribution in [0.25, 0.3) is 10.9 Å². The van der Waals surface area contributed by atoms with Gasteiger partial charge in [-0.15, -0.1) is 9.09 Å². The number of hydrogen-bond donors (Lipinski definition) is 1. The topological polar surface area (TPSA) is 119 Å². The first-order chi connectivity index (χ1) is 14.4. The number of H-pyrrole nitrogens is 1. The third kappa shape index (κ3) is 4.37. The SMILES string of the molecule is CCCC(=O)N(n1c(=O)[nH]c2cc(C(F)(F)F)c([C@H]3CCCO3)cc2c1=O)S(C)(=O)=O. The Kier molecular flexibility index (Phi) is 6.02. The molecule has 0 bridgehead atoms. The molecule has 1 amide bonds. The van der Waals surface area contributed by atoms with E-state index < -0.39 is 50.5 Å². The Morgan fingerprint density at radius 2 is 2.00 bits per heavy atom. The van der Waals surface area contributed by atoms with Crippen LogP contribution in [0.3, 0.4) is 0 Å². The predicted octanol–water partition coefficient (Wildman–Crippen LogP) is 1.78. The van der Waals surface area contributed by atoms with E-state index in [1.54, 1.807) is 6.92 Å². The molecule has 3 rings (SSSR count). The summed E-state index contributed by atoms with van der Waals surface area (Å²) in [6.45, 7) is 1.85. The monoisotopic (exact) mass is 463 g/mol. The van der Waals surface area contributed by atoms with Crippen LogP contribution in [-0.2, 0) is 25.7 Å². The maximum Gasteiger partial charge on any atom is 0.416 e. The minimum Gasteiger partial charge on any atom is -0.374 e. The maximum atomic E-state index is 13.6. The Balaban J connectivity index is 2.35. The van der Waals surface area contributed by atoms with Gasteiger partial charge in [0.15, 0.2) is 0 Å². The van der Waals surface area contributed by atoms with Crippen molar-refractivity contribution in [3.05, 3.63) is 44.1 Å². The first-order valence-corrected chi connectivity index (χ1v) is 11.3. The fourth-order valence-corrected chi connectivity index (χ4v) is 4.43. The first kappa shape index (κ1) is 23.0. The minimum atomic E-state index is -4.78. The highest BCUT2D eigenvalue weighted by atomic mass is 32.2. The van der Waals surface area contributed by atoms with Crippen LogP contribution in [0.2, 0.25) is 0 Å². The van der Waals surface area contributed by atoms with E-state index >= 15 is 0 Å². The average Bonchev–Trinajstić information content (AvgIpc) is 3.17. The van der Waals surface area contributed by atoms with Crippen molar-refractivity contribution in [3.8, 4) is 0 Å². The highest BCUT2D eigenvalue weighted by molar-refractivity contribution is 7.92. The van der Waals surface area contributed by atoms with Crippen molar-refractivity contribution in [3.63, 3.8) is 0 Å². The molecule has 1 aromatic carbocycles. The van der Waals surface area contributed by atoms with Gasteiger partial charge in [0.05, 0.1) is 28.8 Å². The fourth-order valence-electron chi connectivity index (χ4n) is 3.53. The summed E-state index contributed by atoms with van der Waals surface area (Å²) in [5.41, 5.74) is -4.38. The summed E-state index contributed by atoms with van der Waals surface area (Å²) in [4.78, 5) is 40.0. The number of nitrogens with one attached hydrogen (secondary N) is 1. The number of sulfonamides is 1. The highest BCUT2D eigenvalue weighted by Crippen LogP contribution is 2.40. The third-order valence-electron chi connectivity index (χ3n) is 4.80. The lowest BCUT2D eigenvalue weighted by Crippen LogP contribution is -2.55. The summed E-state index contributed by atoms with van der Waals surface area (Å²) in [6, 6.07) is 1.56. The largest absolute Gasteiger partial charge is 0.416 e. The van der Waals surface area contributed by atoms with Crippen LogP contribution >= 0.6 is 0 Å². The standard InChI is InChI=1S/C18H20F3N3O6S/c1-3-5-15(25)24(31(2,28)29)23-16(26)11-8-10(14-6-4-7-30-14)12(18(19,20)21)9-13(11)22-17(23)27/h8-9,14H,3-7H2,1-2H3,(H,22,27)/t14-/m1/s1. The number of alkyl halides is 3. The zero-order chi connectivity index (χ0) is 23.1. The summed E-state index contributed by atoms with van der Waals surface area (Å²) < 4.78 is 70.7. The van der Waals surface area contributed by atoms with Gasteiger partial charge >= 0.3 is 11.9 Å². The smallest absolute Gasteiger partial charge is 0.374 e. The van der Waals surface area contributed by atoms with Crippen LogP contribution in [0.4, 0.5) is 13.2 Å². The zero-order valence-electron chi connectivity index (χ0n) is 16.7. The molecule has 1 saturated heterocycles. The summed E-state index contributed by atoms with van der Waals surface area (Å²) >= 11 is 0. The molecular formula is C18H20F3N3O6S. The fraction of sp³-hybridized carbons (Fsp3) is 0.500. The van der Waals surface area contributed by atoms with Gasteiger partial charge in [0.2, 0.25) is 0 Å². The summed E-state index contributed by atoms with van der Waals surface area (Å²) in [5.74, 6) is -1.02. The highest BCUT2D eigenvalue weighted by Gasteiger charge is 2.38. The Labute approximate surface area is 174 Å². The van der Waals surface area contributed by atoms with E-state index in [1.165, 1.54) is 0 Å². The lowest BCUT2D eigenvalue weighted by molar-refractivity contribution is -0.139. The molecule has 0 spiro atoms. The number of halogens is 3. The predicted molar refractivity (Wildman–Crippen MR) is 105 cm³/mol. The molecule has 1 aliphatic rings. The number of rotatable bonds is 5. The molecule has 1 atom stereocenters. The first-order valence-electron chi connectivity index (χ1n) is 9.41. The second-order valence-electron chi connectivity index (χ2n) is 7.18. The molecule has 170 valence electrons. The molecular weight excluding hydrogens is 443 g/mol. The number of ether oxygens (including phenoxy) is 1. The number of fused-ring (bicyclic) bond motifs is 1. The lowest BCUT2D eigenvalue weighted by atomic mass is 9.97. The number of benzene rings is 1. The number of aromatic amines is 1. The lowest BCUT2D eigenvalue weighted by Gasteiger charge is -2.22. The Morgan fingerprint density at radius 1 is 1.32 bits per heavy atom. The second kappa shape index (κ2) is 8.11. The van der Waals surface area contributed by atoms with Gasteiger partial charge in [-0.3, -0.25) is 9.59 Å². The van der Waals surface area contributed by atoms with Crippen molar-refractivity contribution in [1.82, 2.24) is 9.66 Å². The number of hydrogen-bond acceptors (Lipinski definition) is 6. The second-order valence-corrected chi connectivity index (χ2v) is 8.99. The number of nitrogens with zero attached hydrogens (tertiary/aromatic N) is 2. The number of carbonyl (C=O) groups excluding carboxylic acids is 1. The van der Waals surface area contributed by atoms with Crippen molar-refractivity contribution in [2.75, 3.05) is 17.3 Å². The number of amides is 1. The van der Waals surface area contributed by atoms with Gasteiger partial charge in [-0.05, 0) is 37.0 Å². The van der Waals surface area contributed by atoms with Crippen molar-refractivity contribution < 1.29 is 31.1 Å². The average molecular weight is 463 g/mol. The van der Waals surface area contributed by atoms with Crippen molar-refractivity contribution >= 4 is 26.8 Å². The Bertz CT molecular complexity index is 1240. The summed E-state index contributed by atoms with van der Waals surface area (Å²) in [7, 11) is -4.39. The molecule has 0 unspecified atom stereocenters. The van der Waals surface area contributed by atoms with E-state index in [-0.39, 0.29) is 39.5 Å². The van der Waals surface area contributed by atoms with Crippen LogP contribution in [0.15, 0.2) is 21.7 Å². The number of aromatic nitrogens is 2. The molecule has 1 aliphatic heterocycles. The van der Waals surface area contributed by atoms with Crippen molar-refractivity contribution in [2.45, 2.75) is 44.9 Å². The molecule has 31 heavy (non-hydrogen) atoms. The van der Waals surface area contributed by atoms with E-state index in [4.69, 9.17) is 4.74 Å². The van der Waals surface area contributed by atoms with Crippen LogP contribution in [0.5, 0.6) is 0 Å². The normalized spacial score (nSPS) is 17.3. The van der Waals surface area contributed by atoms with Gasteiger partial charge in [0.1, 0.15) is 0 Å². The quantitative estimate of drug-likeness (QED) is 0.722. The summed E-state index contributed by atoms with van der Waals surface area (Å²) in [5, 5.41) is -0.379. The van der Waals surface area contributed by atoms with Gasteiger partial charge in [0.25, 0.3) is 21.5 Å². The zero-order valence-corrected chi connectivity index (χ0v) is 17.5. The third-order valence-corrected chi connectivity index (χ3v) is 5.80.